The smallest absolute Gasteiger partial charge is 0.106 e. The van der Waals surface area contributed by atoms with Crippen molar-refractivity contribution in [3.63, 3.8) is 0 Å². The summed E-state index contributed by atoms with van der Waals surface area (Å²) in [5.74, 6) is 1.11. The van der Waals surface area contributed by atoms with Crippen LogP contribution in [0, 0.1) is 0 Å². The van der Waals surface area contributed by atoms with Gasteiger partial charge in [-0.3, -0.25) is 14.9 Å². The van der Waals surface area contributed by atoms with Crippen molar-refractivity contribution in [2.75, 3.05) is 6.54 Å². The van der Waals surface area contributed by atoms with Crippen LogP contribution in [-0.4, -0.2) is 31.4 Å². The third kappa shape index (κ3) is 3.47. The van der Waals surface area contributed by atoms with Crippen LogP contribution in [0.4, 0.5) is 0 Å². The van der Waals surface area contributed by atoms with Crippen LogP contribution in [0.2, 0.25) is 0 Å². The van der Waals surface area contributed by atoms with Gasteiger partial charge in [0.15, 0.2) is 0 Å². The third-order valence-corrected chi connectivity index (χ3v) is 4.11. The molecular formula is C16H23N5. The molecule has 112 valence electrons. The zero-order chi connectivity index (χ0) is 14.5. The average molecular weight is 285 g/mol. The van der Waals surface area contributed by atoms with Crippen molar-refractivity contribution in [3.05, 3.63) is 42.0 Å². The lowest BCUT2D eigenvalue weighted by Gasteiger charge is -2.22. The molecule has 0 aromatic carbocycles. The van der Waals surface area contributed by atoms with Crippen LogP contribution < -0.4 is 0 Å². The van der Waals surface area contributed by atoms with Gasteiger partial charge in [0.2, 0.25) is 0 Å². The van der Waals surface area contributed by atoms with Crippen LogP contribution in [0.15, 0.2) is 24.8 Å². The molecule has 2 aromatic heterocycles. The van der Waals surface area contributed by atoms with Gasteiger partial charge in [-0.1, -0.05) is 13.3 Å². The second-order valence-corrected chi connectivity index (χ2v) is 5.72. The molecule has 3 rings (SSSR count). The molecule has 1 N–H and O–H groups in total. The Hall–Kier alpha value is -1.75. The van der Waals surface area contributed by atoms with E-state index in [2.05, 4.69) is 31.8 Å². The second kappa shape index (κ2) is 6.80. The molecule has 3 heterocycles. The van der Waals surface area contributed by atoms with Crippen molar-refractivity contribution in [2.45, 2.75) is 51.6 Å². The number of nitrogens with one attached hydrogen (secondary N) is 1. The van der Waals surface area contributed by atoms with E-state index < -0.39 is 0 Å². The quantitative estimate of drug-likeness (QED) is 0.886. The van der Waals surface area contributed by atoms with E-state index in [1.807, 2.05) is 12.4 Å². The molecule has 2 aromatic rings. The van der Waals surface area contributed by atoms with Crippen molar-refractivity contribution in [2.24, 2.45) is 0 Å². The lowest BCUT2D eigenvalue weighted by atomic mass is 10.1. The highest BCUT2D eigenvalue weighted by Crippen LogP contribution is 2.31. The maximum absolute atomic E-state index is 4.48. The maximum Gasteiger partial charge on any atom is 0.106 e. The van der Waals surface area contributed by atoms with Gasteiger partial charge in [-0.25, -0.2) is 4.98 Å². The summed E-state index contributed by atoms with van der Waals surface area (Å²) in [6.45, 7) is 4.24. The Kier molecular flexibility index (Phi) is 4.60. The summed E-state index contributed by atoms with van der Waals surface area (Å²) in [5, 5.41) is 0. The highest BCUT2D eigenvalue weighted by atomic mass is 15.2. The highest BCUT2D eigenvalue weighted by Gasteiger charge is 2.27. The molecule has 0 unspecified atom stereocenters. The summed E-state index contributed by atoms with van der Waals surface area (Å²) < 4.78 is 0. The van der Waals surface area contributed by atoms with Crippen LogP contribution in [0.5, 0.6) is 0 Å². The summed E-state index contributed by atoms with van der Waals surface area (Å²) in [6, 6.07) is 0.390. The van der Waals surface area contributed by atoms with Gasteiger partial charge >= 0.3 is 0 Å². The zero-order valence-corrected chi connectivity index (χ0v) is 12.6. The Balaban J connectivity index is 1.65. The van der Waals surface area contributed by atoms with Crippen molar-refractivity contribution >= 4 is 0 Å². The minimum Gasteiger partial charge on any atom is -0.345 e. The largest absolute Gasteiger partial charge is 0.345 e. The molecule has 5 heteroatoms. The summed E-state index contributed by atoms with van der Waals surface area (Å²) in [6.07, 6.45) is 13.2. The Labute approximate surface area is 125 Å². The average Bonchev–Trinajstić information content (AvgIpc) is 3.16. The molecule has 1 aliphatic rings. The topological polar surface area (TPSA) is 57.7 Å². The number of H-pyrrole nitrogens is 1. The fourth-order valence-corrected chi connectivity index (χ4v) is 3.01. The van der Waals surface area contributed by atoms with E-state index >= 15 is 0 Å². The normalized spacial score (nSPS) is 19.2. The van der Waals surface area contributed by atoms with Gasteiger partial charge in [0, 0.05) is 43.4 Å². The zero-order valence-electron chi connectivity index (χ0n) is 12.6. The lowest BCUT2D eigenvalue weighted by Crippen LogP contribution is -2.23. The number of unbranched alkanes of at least 4 members (excludes halogenated alkanes) is 1. The number of aromatic amines is 1. The highest BCUT2D eigenvalue weighted by molar-refractivity contribution is 5.08. The predicted molar refractivity (Wildman–Crippen MR) is 81.6 cm³/mol. The Morgan fingerprint density at radius 2 is 2.24 bits per heavy atom. The summed E-state index contributed by atoms with van der Waals surface area (Å²) in [4.78, 5) is 19.1. The van der Waals surface area contributed by atoms with Crippen LogP contribution >= 0.6 is 0 Å². The molecule has 1 aliphatic heterocycles. The number of likely N-dealkylation sites (tertiary alicyclic amines) is 1. The Morgan fingerprint density at radius 1 is 1.29 bits per heavy atom. The standard InChI is InChI=1S/C16H23N5/c1-2-3-6-16-19-10-13(20-16)12-21-9-4-5-15(21)14-11-17-7-8-18-14/h7-8,10-11,15H,2-6,9,12H2,1H3,(H,19,20)/t15-/m1/s1. The molecule has 1 saturated heterocycles. The monoisotopic (exact) mass is 285 g/mol. The van der Waals surface area contributed by atoms with Crippen LogP contribution in [0.25, 0.3) is 0 Å². The first-order valence-electron chi connectivity index (χ1n) is 7.89. The van der Waals surface area contributed by atoms with E-state index in [0.29, 0.717) is 6.04 Å². The van der Waals surface area contributed by atoms with E-state index in [1.54, 1.807) is 12.4 Å². The van der Waals surface area contributed by atoms with Gasteiger partial charge in [0.05, 0.1) is 11.7 Å². The number of nitrogens with zero attached hydrogens (tertiary/aromatic N) is 4. The molecule has 0 amide bonds. The minimum absolute atomic E-state index is 0.390. The van der Waals surface area contributed by atoms with Crippen LogP contribution in [-0.2, 0) is 13.0 Å². The first-order valence-corrected chi connectivity index (χ1v) is 7.89. The van der Waals surface area contributed by atoms with Crippen molar-refractivity contribution in [3.8, 4) is 0 Å². The third-order valence-electron chi connectivity index (χ3n) is 4.11. The first kappa shape index (κ1) is 14.2. The van der Waals surface area contributed by atoms with Crippen molar-refractivity contribution in [1.82, 2.24) is 24.8 Å². The van der Waals surface area contributed by atoms with Gasteiger partial charge in [-0.05, 0) is 25.8 Å². The number of hydrogen-bond donors (Lipinski definition) is 1. The maximum atomic E-state index is 4.48. The number of hydrogen-bond acceptors (Lipinski definition) is 4. The summed E-state index contributed by atoms with van der Waals surface area (Å²) in [7, 11) is 0. The molecule has 0 radical (unpaired) electrons. The van der Waals surface area contributed by atoms with E-state index in [9.17, 15) is 0 Å². The van der Waals surface area contributed by atoms with Crippen molar-refractivity contribution in [1.29, 1.82) is 0 Å². The van der Waals surface area contributed by atoms with E-state index in [0.717, 1.165) is 37.4 Å². The van der Waals surface area contributed by atoms with Crippen molar-refractivity contribution < 1.29 is 0 Å². The van der Waals surface area contributed by atoms with Crippen LogP contribution in [0.1, 0.15) is 55.9 Å². The van der Waals surface area contributed by atoms with Gasteiger partial charge in [0.25, 0.3) is 0 Å². The second-order valence-electron chi connectivity index (χ2n) is 5.72. The Morgan fingerprint density at radius 3 is 3.05 bits per heavy atom. The summed E-state index contributed by atoms with van der Waals surface area (Å²) >= 11 is 0. The van der Waals surface area contributed by atoms with E-state index in [4.69, 9.17) is 0 Å². The molecular weight excluding hydrogens is 262 g/mol. The molecule has 1 fully saturated rings. The number of aromatic nitrogens is 4. The molecule has 0 saturated carbocycles. The number of aryl methyl sites for hydroxylation is 1. The van der Waals surface area contributed by atoms with Gasteiger partial charge < -0.3 is 4.98 Å². The first-order chi connectivity index (χ1) is 10.4. The Bertz CT molecular complexity index is 551. The van der Waals surface area contributed by atoms with Crippen LogP contribution in [0.3, 0.4) is 0 Å². The molecule has 0 bridgehead atoms. The van der Waals surface area contributed by atoms with Gasteiger partial charge in [-0.2, -0.15) is 0 Å². The molecule has 5 nitrogen and oxygen atoms in total. The SMILES string of the molecule is CCCCc1ncc(CN2CCC[C@@H]2c2cnccn2)[nH]1. The van der Waals surface area contributed by atoms with E-state index in [-0.39, 0.29) is 0 Å². The molecule has 21 heavy (non-hydrogen) atoms. The fraction of sp³-hybridized carbons (Fsp3) is 0.562. The van der Waals surface area contributed by atoms with Gasteiger partial charge in [-0.15, -0.1) is 0 Å². The predicted octanol–water partition coefficient (Wildman–Crippen LogP) is 2.88. The fourth-order valence-electron chi connectivity index (χ4n) is 3.01. The van der Waals surface area contributed by atoms with E-state index in [1.165, 1.54) is 25.0 Å². The number of imidazole rings is 1. The van der Waals surface area contributed by atoms with Gasteiger partial charge in [0.1, 0.15) is 5.82 Å². The minimum atomic E-state index is 0.390. The molecule has 0 spiro atoms. The lowest BCUT2D eigenvalue weighted by molar-refractivity contribution is 0.241. The molecule has 1 atom stereocenters. The number of rotatable bonds is 6. The molecule has 0 aliphatic carbocycles. The summed E-state index contributed by atoms with van der Waals surface area (Å²) in [5.41, 5.74) is 2.29.